The standard InChI is InChI=1S/C8H6BrN3O2/c1-11-5-3-2-4-6(12(13)14)7(5)8(9)10-11/h2-4H,1H3. The monoisotopic (exact) mass is 255 g/mol. The van der Waals surface area contributed by atoms with Gasteiger partial charge in [-0.1, -0.05) is 6.07 Å². The third-order valence-electron chi connectivity index (χ3n) is 2.01. The molecular formula is C8H6BrN3O2. The van der Waals surface area contributed by atoms with Crippen LogP contribution in [0.2, 0.25) is 0 Å². The predicted octanol–water partition coefficient (Wildman–Crippen LogP) is 2.24. The Bertz CT molecular complexity index is 521. The second-order valence-electron chi connectivity index (χ2n) is 2.84. The number of nitro benzene ring substituents is 1. The summed E-state index contributed by atoms with van der Waals surface area (Å²) in [5.41, 5.74) is 0.813. The fourth-order valence-electron chi connectivity index (χ4n) is 1.40. The zero-order valence-corrected chi connectivity index (χ0v) is 8.85. The molecule has 0 atom stereocenters. The number of hydrogen-bond acceptors (Lipinski definition) is 3. The van der Waals surface area contributed by atoms with Gasteiger partial charge in [-0.05, 0) is 22.0 Å². The van der Waals surface area contributed by atoms with Crippen molar-refractivity contribution in [2.75, 3.05) is 0 Å². The number of halogens is 1. The van der Waals surface area contributed by atoms with E-state index < -0.39 is 4.92 Å². The van der Waals surface area contributed by atoms with Crippen molar-refractivity contribution in [3.05, 3.63) is 32.9 Å². The van der Waals surface area contributed by atoms with E-state index in [0.29, 0.717) is 9.99 Å². The molecule has 72 valence electrons. The fraction of sp³-hybridized carbons (Fsp3) is 0.125. The Labute approximate surface area is 87.6 Å². The highest BCUT2D eigenvalue weighted by molar-refractivity contribution is 9.10. The molecular weight excluding hydrogens is 250 g/mol. The van der Waals surface area contributed by atoms with Crippen LogP contribution in [0.4, 0.5) is 5.69 Å². The summed E-state index contributed by atoms with van der Waals surface area (Å²) >= 11 is 3.20. The van der Waals surface area contributed by atoms with Gasteiger partial charge in [0.2, 0.25) is 0 Å². The van der Waals surface area contributed by atoms with Gasteiger partial charge in [-0.2, -0.15) is 5.10 Å². The van der Waals surface area contributed by atoms with Crippen molar-refractivity contribution in [2.45, 2.75) is 0 Å². The van der Waals surface area contributed by atoms with Crippen molar-refractivity contribution < 1.29 is 4.92 Å². The maximum absolute atomic E-state index is 10.7. The van der Waals surface area contributed by atoms with Crippen LogP contribution in [0.25, 0.3) is 10.9 Å². The third-order valence-corrected chi connectivity index (χ3v) is 2.56. The summed E-state index contributed by atoms with van der Waals surface area (Å²) in [5, 5.41) is 15.3. The van der Waals surface area contributed by atoms with Gasteiger partial charge in [0.15, 0.2) is 0 Å². The summed E-state index contributed by atoms with van der Waals surface area (Å²) in [7, 11) is 1.75. The van der Waals surface area contributed by atoms with Crippen LogP contribution >= 0.6 is 15.9 Å². The van der Waals surface area contributed by atoms with Crippen LogP contribution in [-0.4, -0.2) is 14.7 Å². The zero-order chi connectivity index (χ0) is 10.3. The lowest BCUT2D eigenvalue weighted by Gasteiger charge is -1.94. The Morgan fingerprint density at radius 2 is 2.29 bits per heavy atom. The molecule has 0 saturated carbocycles. The van der Waals surface area contributed by atoms with Crippen LogP contribution in [0.3, 0.4) is 0 Å². The van der Waals surface area contributed by atoms with E-state index in [-0.39, 0.29) is 5.69 Å². The molecule has 6 heteroatoms. The molecule has 1 aromatic carbocycles. The van der Waals surface area contributed by atoms with Gasteiger partial charge in [-0.15, -0.1) is 0 Å². The maximum atomic E-state index is 10.7. The highest BCUT2D eigenvalue weighted by Crippen LogP contribution is 2.30. The van der Waals surface area contributed by atoms with E-state index in [9.17, 15) is 10.1 Å². The number of nitrogens with zero attached hydrogens (tertiary/aromatic N) is 3. The van der Waals surface area contributed by atoms with Gasteiger partial charge in [0.1, 0.15) is 9.99 Å². The second kappa shape index (κ2) is 3.06. The number of fused-ring (bicyclic) bond motifs is 1. The lowest BCUT2D eigenvalue weighted by atomic mass is 10.2. The van der Waals surface area contributed by atoms with E-state index in [4.69, 9.17) is 0 Å². The molecule has 0 spiro atoms. The number of aryl methyl sites for hydroxylation is 1. The molecule has 0 fully saturated rings. The van der Waals surface area contributed by atoms with Gasteiger partial charge >= 0.3 is 0 Å². The van der Waals surface area contributed by atoms with Crippen LogP contribution in [0.15, 0.2) is 22.8 Å². The Morgan fingerprint density at radius 3 is 2.93 bits per heavy atom. The van der Waals surface area contributed by atoms with Gasteiger partial charge < -0.3 is 0 Å². The summed E-state index contributed by atoms with van der Waals surface area (Å²) in [6.07, 6.45) is 0. The number of non-ortho nitro benzene ring substituents is 1. The van der Waals surface area contributed by atoms with Crippen LogP contribution in [0, 0.1) is 10.1 Å². The molecule has 0 amide bonds. The quantitative estimate of drug-likeness (QED) is 0.580. The normalized spacial score (nSPS) is 10.7. The van der Waals surface area contributed by atoms with Crippen molar-refractivity contribution in [1.82, 2.24) is 9.78 Å². The SMILES string of the molecule is Cn1nc(Br)c2c([N+](=O)[O-])cccc21. The molecule has 0 aliphatic carbocycles. The Kier molecular flexibility index (Phi) is 1.99. The molecule has 2 aromatic rings. The zero-order valence-electron chi connectivity index (χ0n) is 7.27. The molecule has 0 aliphatic heterocycles. The van der Waals surface area contributed by atoms with Crippen LogP contribution in [0.1, 0.15) is 0 Å². The summed E-state index contributed by atoms with van der Waals surface area (Å²) in [6, 6.07) is 4.91. The first-order valence-corrected chi connectivity index (χ1v) is 4.66. The minimum atomic E-state index is -0.408. The lowest BCUT2D eigenvalue weighted by Crippen LogP contribution is -1.90. The average molecular weight is 256 g/mol. The Hall–Kier alpha value is -1.43. The van der Waals surface area contributed by atoms with E-state index in [1.54, 1.807) is 23.9 Å². The molecule has 0 saturated heterocycles. The van der Waals surface area contributed by atoms with Gasteiger partial charge in [-0.25, -0.2) is 0 Å². The highest BCUT2D eigenvalue weighted by Gasteiger charge is 2.17. The first kappa shape index (κ1) is 9.14. The molecule has 0 aliphatic rings. The largest absolute Gasteiger partial charge is 0.281 e. The van der Waals surface area contributed by atoms with E-state index in [1.807, 2.05) is 0 Å². The topological polar surface area (TPSA) is 61.0 Å². The van der Waals surface area contributed by atoms with Gasteiger partial charge in [0.25, 0.3) is 5.69 Å². The van der Waals surface area contributed by atoms with Crippen LogP contribution in [0.5, 0.6) is 0 Å². The third kappa shape index (κ3) is 1.19. The molecule has 2 rings (SSSR count). The number of aromatic nitrogens is 2. The van der Waals surface area contributed by atoms with Crippen molar-refractivity contribution in [2.24, 2.45) is 7.05 Å². The predicted molar refractivity (Wildman–Crippen MR) is 55.1 cm³/mol. The number of benzene rings is 1. The van der Waals surface area contributed by atoms with E-state index in [1.165, 1.54) is 6.07 Å². The Morgan fingerprint density at radius 1 is 1.57 bits per heavy atom. The van der Waals surface area contributed by atoms with E-state index >= 15 is 0 Å². The molecule has 1 aromatic heterocycles. The molecule has 0 bridgehead atoms. The number of nitro groups is 1. The molecule has 5 nitrogen and oxygen atoms in total. The smallest absolute Gasteiger partial charge is 0.267 e. The number of hydrogen-bond donors (Lipinski definition) is 0. The first-order chi connectivity index (χ1) is 6.61. The second-order valence-corrected chi connectivity index (χ2v) is 3.59. The van der Waals surface area contributed by atoms with Crippen LogP contribution < -0.4 is 0 Å². The summed E-state index contributed by atoms with van der Waals surface area (Å²) < 4.78 is 2.11. The molecule has 1 heterocycles. The minimum Gasteiger partial charge on any atom is -0.267 e. The lowest BCUT2D eigenvalue weighted by molar-refractivity contribution is -0.383. The number of rotatable bonds is 1. The average Bonchev–Trinajstić information content (AvgIpc) is 2.43. The van der Waals surface area contributed by atoms with Gasteiger partial charge in [-0.3, -0.25) is 14.8 Å². The fourth-order valence-corrected chi connectivity index (χ4v) is 2.04. The summed E-state index contributed by atoms with van der Waals surface area (Å²) in [5.74, 6) is 0. The maximum Gasteiger partial charge on any atom is 0.281 e. The van der Waals surface area contributed by atoms with Gasteiger partial charge in [0, 0.05) is 13.1 Å². The van der Waals surface area contributed by atoms with Crippen molar-refractivity contribution in [3.63, 3.8) is 0 Å². The highest BCUT2D eigenvalue weighted by atomic mass is 79.9. The molecule has 0 unspecified atom stereocenters. The van der Waals surface area contributed by atoms with Crippen LogP contribution in [-0.2, 0) is 7.05 Å². The molecule has 0 N–H and O–H groups in total. The van der Waals surface area contributed by atoms with Crippen molar-refractivity contribution in [1.29, 1.82) is 0 Å². The molecule has 14 heavy (non-hydrogen) atoms. The van der Waals surface area contributed by atoms with Gasteiger partial charge in [0.05, 0.1) is 10.4 Å². The van der Waals surface area contributed by atoms with Crippen molar-refractivity contribution in [3.8, 4) is 0 Å². The first-order valence-electron chi connectivity index (χ1n) is 3.87. The Balaban J connectivity index is 2.92. The summed E-state index contributed by atoms with van der Waals surface area (Å²) in [6.45, 7) is 0. The molecule has 0 radical (unpaired) electrons. The summed E-state index contributed by atoms with van der Waals surface area (Å²) in [4.78, 5) is 10.3. The van der Waals surface area contributed by atoms with E-state index in [2.05, 4.69) is 21.0 Å². The van der Waals surface area contributed by atoms with Crippen molar-refractivity contribution >= 4 is 32.5 Å². The van der Waals surface area contributed by atoms with E-state index in [0.717, 1.165) is 5.52 Å². The minimum absolute atomic E-state index is 0.0717.